The molecule has 15 heavy (non-hydrogen) atoms. The van der Waals surface area contributed by atoms with Gasteiger partial charge in [-0.2, -0.15) is 0 Å². The fraction of sp³-hybridized carbons (Fsp3) is 0.818. The Morgan fingerprint density at radius 3 is 1.87 bits per heavy atom. The third-order valence-corrected chi connectivity index (χ3v) is 1.64. The molecular weight excluding hydrogens is 192 g/mol. The zero-order valence-corrected chi connectivity index (χ0v) is 10.2. The quantitative estimate of drug-likeness (QED) is 0.724. The topological polar surface area (TPSA) is 86.2 Å². The van der Waals surface area contributed by atoms with Gasteiger partial charge in [0.25, 0.3) is 0 Å². The van der Waals surface area contributed by atoms with Gasteiger partial charge in [-0.1, -0.05) is 34.1 Å². The van der Waals surface area contributed by atoms with E-state index in [-0.39, 0.29) is 18.1 Å². The largest absolute Gasteiger partial charge is 0.370 e. The molecule has 0 aliphatic heterocycles. The zero-order valence-electron chi connectivity index (χ0n) is 10.2. The van der Waals surface area contributed by atoms with Crippen molar-refractivity contribution < 1.29 is 9.59 Å². The van der Waals surface area contributed by atoms with E-state index >= 15 is 0 Å². The molecule has 0 fully saturated rings. The summed E-state index contributed by atoms with van der Waals surface area (Å²) in [7, 11) is 0. The van der Waals surface area contributed by atoms with Crippen molar-refractivity contribution in [3.05, 3.63) is 0 Å². The van der Waals surface area contributed by atoms with Crippen LogP contribution in [0.25, 0.3) is 0 Å². The SMILES string of the molecule is CC(C)C(=O)C(N)CCC(N)=O.CCC. The van der Waals surface area contributed by atoms with Gasteiger partial charge in [0.2, 0.25) is 5.91 Å². The van der Waals surface area contributed by atoms with Crippen molar-refractivity contribution in [2.75, 3.05) is 0 Å². The number of carbonyl (C=O) groups is 2. The van der Waals surface area contributed by atoms with E-state index < -0.39 is 11.9 Å². The van der Waals surface area contributed by atoms with Crippen molar-refractivity contribution in [3.8, 4) is 0 Å². The molecule has 0 aliphatic carbocycles. The Kier molecular flexibility index (Phi) is 10.6. The number of Topliss-reactive ketones (excluding diaryl/α,β-unsaturated/α-hetero) is 1. The van der Waals surface area contributed by atoms with E-state index in [9.17, 15) is 9.59 Å². The van der Waals surface area contributed by atoms with Crippen LogP contribution in [-0.4, -0.2) is 17.7 Å². The first-order chi connectivity index (χ1) is 6.86. The van der Waals surface area contributed by atoms with Gasteiger partial charge in [0.15, 0.2) is 5.78 Å². The summed E-state index contributed by atoms with van der Waals surface area (Å²) in [5, 5.41) is 0. The van der Waals surface area contributed by atoms with E-state index in [0.29, 0.717) is 6.42 Å². The molecule has 0 aromatic carbocycles. The Hall–Kier alpha value is -0.900. The van der Waals surface area contributed by atoms with Gasteiger partial charge in [0, 0.05) is 12.3 Å². The molecule has 90 valence electrons. The molecule has 0 saturated heterocycles. The Labute approximate surface area is 92.4 Å². The monoisotopic (exact) mass is 216 g/mol. The van der Waals surface area contributed by atoms with Gasteiger partial charge < -0.3 is 11.5 Å². The number of primary amides is 1. The fourth-order valence-electron chi connectivity index (χ4n) is 0.868. The molecular formula is C11H24N2O2. The molecule has 1 unspecified atom stereocenters. The number of carbonyl (C=O) groups excluding carboxylic acids is 2. The molecule has 0 radical (unpaired) electrons. The smallest absolute Gasteiger partial charge is 0.217 e. The Bertz CT molecular complexity index is 191. The molecule has 4 N–H and O–H groups in total. The summed E-state index contributed by atoms with van der Waals surface area (Å²) < 4.78 is 0. The van der Waals surface area contributed by atoms with E-state index in [1.165, 1.54) is 6.42 Å². The maximum Gasteiger partial charge on any atom is 0.217 e. The predicted octanol–water partition coefficient (Wildman–Crippen LogP) is 1.22. The van der Waals surface area contributed by atoms with Crippen molar-refractivity contribution in [3.63, 3.8) is 0 Å². The Morgan fingerprint density at radius 2 is 1.60 bits per heavy atom. The lowest BCUT2D eigenvalue weighted by atomic mass is 9.99. The Morgan fingerprint density at radius 1 is 1.20 bits per heavy atom. The summed E-state index contributed by atoms with van der Waals surface area (Å²) >= 11 is 0. The van der Waals surface area contributed by atoms with E-state index in [0.717, 1.165) is 0 Å². The number of amides is 1. The van der Waals surface area contributed by atoms with Crippen molar-refractivity contribution in [1.29, 1.82) is 0 Å². The normalized spacial score (nSPS) is 11.6. The molecule has 0 bridgehead atoms. The second-order valence-electron chi connectivity index (χ2n) is 3.88. The minimum Gasteiger partial charge on any atom is -0.370 e. The predicted molar refractivity (Wildman–Crippen MR) is 62.2 cm³/mol. The molecule has 4 heteroatoms. The number of nitrogens with two attached hydrogens (primary N) is 2. The lowest BCUT2D eigenvalue weighted by molar-refractivity contribution is -0.123. The molecule has 1 amide bonds. The third kappa shape index (κ3) is 11.0. The lowest BCUT2D eigenvalue weighted by Crippen LogP contribution is -2.34. The molecule has 0 spiro atoms. The highest BCUT2D eigenvalue weighted by atomic mass is 16.1. The highest BCUT2D eigenvalue weighted by molar-refractivity contribution is 5.86. The molecule has 0 aliphatic rings. The average Bonchev–Trinajstić information content (AvgIpc) is 2.14. The fourth-order valence-corrected chi connectivity index (χ4v) is 0.868. The maximum absolute atomic E-state index is 11.2. The van der Waals surface area contributed by atoms with Crippen LogP contribution in [0.5, 0.6) is 0 Å². The highest BCUT2D eigenvalue weighted by Gasteiger charge is 2.16. The van der Waals surface area contributed by atoms with Gasteiger partial charge in [-0.05, 0) is 6.42 Å². The summed E-state index contributed by atoms with van der Waals surface area (Å²) in [6.07, 6.45) is 1.78. The first-order valence-electron chi connectivity index (χ1n) is 5.44. The molecule has 4 nitrogen and oxygen atoms in total. The first kappa shape index (κ1) is 16.5. The van der Waals surface area contributed by atoms with E-state index in [4.69, 9.17) is 11.5 Å². The molecule has 0 heterocycles. The number of hydrogen-bond donors (Lipinski definition) is 2. The van der Waals surface area contributed by atoms with Crippen LogP contribution in [0, 0.1) is 5.92 Å². The van der Waals surface area contributed by atoms with Gasteiger partial charge >= 0.3 is 0 Å². The van der Waals surface area contributed by atoms with Crippen molar-refractivity contribution in [2.24, 2.45) is 17.4 Å². The second-order valence-corrected chi connectivity index (χ2v) is 3.88. The van der Waals surface area contributed by atoms with Gasteiger partial charge in [-0.25, -0.2) is 0 Å². The van der Waals surface area contributed by atoms with E-state index in [2.05, 4.69) is 13.8 Å². The van der Waals surface area contributed by atoms with Gasteiger partial charge in [0.1, 0.15) is 0 Å². The van der Waals surface area contributed by atoms with Crippen LogP contribution < -0.4 is 11.5 Å². The van der Waals surface area contributed by atoms with Crippen LogP contribution in [0.15, 0.2) is 0 Å². The maximum atomic E-state index is 11.2. The molecule has 0 rings (SSSR count). The zero-order chi connectivity index (χ0) is 12.4. The number of rotatable bonds is 5. The molecule has 0 saturated carbocycles. The van der Waals surface area contributed by atoms with Crippen LogP contribution >= 0.6 is 0 Å². The van der Waals surface area contributed by atoms with E-state index in [1.807, 2.05) is 0 Å². The van der Waals surface area contributed by atoms with Crippen LogP contribution in [0.2, 0.25) is 0 Å². The molecule has 1 atom stereocenters. The van der Waals surface area contributed by atoms with Crippen LogP contribution in [-0.2, 0) is 9.59 Å². The van der Waals surface area contributed by atoms with Gasteiger partial charge in [-0.15, -0.1) is 0 Å². The summed E-state index contributed by atoms with van der Waals surface area (Å²) in [6.45, 7) is 7.82. The van der Waals surface area contributed by atoms with Crippen LogP contribution in [0.3, 0.4) is 0 Å². The standard InChI is InChI=1S/C8H16N2O2.C3H8/c1-5(2)8(12)6(9)3-4-7(10)11;1-3-2/h5-6H,3-4,9H2,1-2H3,(H2,10,11);3H2,1-2H3. The minimum absolute atomic E-state index is 0.0174. The van der Waals surface area contributed by atoms with Gasteiger partial charge in [-0.3, -0.25) is 9.59 Å². The minimum atomic E-state index is -0.544. The summed E-state index contributed by atoms with van der Waals surface area (Å²) in [5.74, 6) is -0.508. The summed E-state index contributed by atoms with van der Waals surface area (Å²) in [6, 6.07) is -0.544. The van der Waals surface area contributed by atoms with Crippen molar-refractivity contribution in [1.82, 2.24) is 0 Å². The van der Waals surface area contributed by atoms with Gasteiger partial charge in [0.05, 0.1) is 6.04 Å². The van der Waals surface area contributed by atoms with Crippen molar-refractivity contribution >= 4 is 11.7 Å². The van der Waals surface area contributed by atoms with E-state index in [1.54, 1.807) is 13.8 Å². The summed E-state index contributed by atoms with van der Waals surface area (Å²) in [4.78, 5) is 21.5. The molecule has 0 aromatic rings. The van der Waals surface area contributed by atoms with Crippen molar-refractivity contribution in [2.45, 2.75) is 53.0 Å². The number of hydrogen-bond acceptors (Lipinski definition) is 3. The average molecular weight is 216 g/mol. The third-order valence-electron chi connectivity index (χ3n) is 1.64. The summed E-state index contributed by atoms with van der Waals surface area (Å²) in [5.41, 5.74) is 10.4. The number of ketones is 1. The second kappa shape index (κ2) is 9.65. The Balaban J connectivity index is 0. The van der Waals surface area contributed by atoms with Crippen LogP contribution in [0.4, 0.5) is 0 Å². The van der Waals surface area contributed by atoms with Crippen LogP contribution in [0.1, 0.15) is 47.0 Å². The first-order valence-corrected chi connectivity index (χ1v) is 5.44. The molecule has 0 aromatic heterocycles. The lowest BCUT2D eigenvalue weighted by Gasteiger charge is -2.11. The highest BCUT2D eigenvalue weighted by Crippen LogP contribution is 2.02.